The molecule has 132 valence electrons. The fraction of sp³-hybridized carbons (Fsp3) is 0.217. The average molecular weight is 370 g/mol. The van der Waals surface area contributed by atoms with Gasteiger partial charge in [-0.05, 0) is 48.1 Å². The molecule has 0 atom stereocenters. The Morgan fingerprint density at radius 1 is 1.15 bits per heavy atom. The first-order valence-corrected chi connectivity index (χ1v) is 9.84. The van der Waals surface area contributed by atoms with Crippen molar-refractivity contribution in [2.45, 2.75) is 25.7 Å². The molecule has 0 saturated heterocycles. The van der Waals surface area contributed by atoms with Crippen molar-refractivity contribution in [1.82, 2.24) is 0 Å². The van der Waals surface area contributed by atoms with Crippen molar-refractivity contribution in [3.63, 3.8) is 0 Å². The van der Waals surface area contributed by atoms with E-state index in [4.69, 9.17) is 6.42 Å². The van der Waals surface area contributed by atoms with Gasteiger partial charge < -0.3 is 0 Å². The first kappa shape index (κ1) is 17.3. The highest BCUT2D eigenvalue weighted by Gasteiger charge is 2.28. The Labute approximate surface area is 162 Å². The third-order valence-corrected chi connectivity index (χ3v) is 6.34. The van der Waals surface area contributed by atoms with Crippen molar-refractivity contribution < 1.29 is 4.79 Å². The molecule has 0 aliphatic heterocycles. The summed E-state index contributed by atoms with van der Waals surface area (Å²) in [6.07, 6.45) is 9.68. The first-order chi connectivity index (χ1) is 13.2. The number of aryl methyl sites for hydroxylation is 1. The van der Waals surface area contributed by atoms with Crippen LogP contribution in [0.3, 0.4) is 0 Å². The number of hydrogen-bond acceptors (Lipinski definition) is 3. The lowest BCUT2D eigenvalue weighted by Gasteiger charge is -2.20. The minimum Gasteiger partial charge on any atom is -0.287 e. The molecule has 0 radical (unpaired) electrons. The fourth-order valence-electron chi connectivity index (χ4n) is 3.74. The molecule has 4 heteroatoms. The maximum atomic E-state index is 13.5. The molecular weight excluding hydrogens is 352 g/mol. The largest absolute Gasteiger partial charge is 0.287 e. The van der Waals surface area contributed by atoms with Gasteiger partial charge in [-0.2, -0.15) is 5.26 Å². The highest BCUT2D eigenvalue weighted by atomic mass is 32.1. The van der Waals surface area contributed by atoms with E-state index in [1.165, 1.54) is 4.88 Å². The van der Waals surface area contributed by atoms with Crippen molar-refractivity contribution in [2.24, 2.45) is 0 Å². The number of benzene rings is 2. The van der Waals surface area contributed by atoms with E-state index in [0.29, 0.717) is 16.1 Å². The summed E-state index contributed by atoms with van der Waals surface area (Å²) in [4.78, 5) is 16.3. The second-order valence-corrected chi connectivity index (χ2v) is 7.71. The zero-order valence-electron chi connectivity index (χ0n) is 14.9. The molecule has 1 amide bonds. The molecule has 0 bridgehead atoms. The van der Waals surface area contributed by atoms with Crippen molar-refractivity contribution in [3.05, 3.63) is 64.0 Å². The minimum absolute atomic E-state index is 0.149. The summed E-state index contributed by atoms with van der Waals surface area (Å²) in [6, 6.07) is 15.8. The number of rotatable bonds is 3. The predicted octanol–water partition coefficient (Wildman–Crippen LogP) is 4.93. The van der Waals surface area contributed by atoms with Crippen LogP contribution in [0.4, 0.5) is 5.00 Å². The van der Waals surface area contributed by atoms with Crippen LogP contribution in [0.2, 0.25) is 0 Å². The smallest absolute Gasteiger partial charge is 0.260 e. The van der Waals surface area contributed by atoms with Crippen molar-refractivity contribution in [1.29, 1.82) is 5.26 Å². The van der Waals surface area contributed by atoms with Crippen molar-refractivity contribution in [2.75, 3.05) is 11.4 Å². The van der Waals surface area contributed by atoms with Gasteiger partial charge in [-0.25, -0.2) is 0 Å². The number of thiophene rings is 1. The van der Waals surface area contributed by atoms with Gasteiger partial charge in [0.15, 0.2) is 0 Å². The first-order valence-electron chi connectivity index (χ1n) is 9.02. The number of nitriles is 1. The molecule has 4 rings (SSSR count). The second kappa shape index (κ2) is 7.27. The molecule has 0 saturated carbocycles. The average Bonchev–Trinajstić information content (AvgIpc) is 3.09. The van der Waals surface area contributed by atoms with E-state index in [-0.39, 0.29) is 12.5 Å². The Morgan fingerprint density at radius 2 is 1.93 bits per heavy atom. The molecule has 2 aromatic carbocycles. The van der Waals surface area contributed by atoms with Crippen LogP contribution >= 0.6 is 11.3 Å². The lowest BCUT2D eigenvalue weighted by molar-refractivity contribution is 0.0992. The van der Waals surface area contributed by atoms with Gasteiger partial charge in [-0.15, -0.1) is 17.8 Å². The van der Waals surface area contributed by atoms with Crippen LogP contribution in [0.5, 0.6) is 0 Å². The van der Waals surface area contributed by atoms with E-state index in [1.54, 1.807) is 16.2 Å². The summed E-state index contributed by atoms with van der Waals surface area (Å²) >= 11 is 1.55. The standard InChI is InChI=1S/C23H18N2OS/c1-2-14-25(23-20(15-24)18-11-5-6-13-21(18)27-23)22(26)19-12-7-9-16-8-3-4-10-17(16)19/h1,3-4,7-10,12H,5-6,11,13-14H2. The van der Waals surface area contributed by atoms with Crippen LogP contribution in [0.25, 0.3) is 10.8 Å². The molecule has 0 N–H and O–H groups in total. The third-order valence-electron chi connectivity index (χ3n) is 5.02. The van der Waals surface area contributed by atoms with Gasteiger partial charge in [-0.3, -0.25) is 9.69 Å². The van der Waals surface area contributed by atoms with Gasteiger partial charge in [0.25, 0.3) is 5.91 Å². The highest BCUT2D eigenvalue weighted by Crippen LogP contribution is 2.40. The lowest BCUT2D eigenvalue weighted by Crippen LogP contribution is -2.31. The number of carbonyl (C=O) groups excluding carboxylic acids is 1. The highest BCUT2D eigenvalue weighted by molar-refractivity contribution is 7.16. The summed E-state index contributed by atoms with van der Waals surface area (Å²) < 4.78 is 0. The van der Waals surface area contributed by atoms with E-state index >= 15 is 0 Å². The zero-order chi connectivity index (χ0) is 18.8. The Kier molecular flexibility index (Phi) is 4.67. The predicted molar refractivity (Wildman–Crippen MR) is 110 cm³/mol. The summed E-state index contributed by atoms with van der Waals surface area (Å²) in [6.45, 7) is 0.149. The number of nitrogens with zero attached hydrogens (tertiary/aromatic N) is 2. The van der Waals surface area contributed by atoms with Crippen LogP contribution in [0.1, 0.15) is 39.2 Å². The van der Waals surface area contributed by atoms with E-state index in [2.05, 4.69) is 12.0 Å². The Hall–Kier alpha value is -3.08. The van der Waals surface area contributed by atoms with Gasteiger partial charge in [-0.1, -0.05) is 42.3 Å². The number of terminal acetylenes is 1. The molecule has 1 aromatic heterocycles. The molecule has 0 spiro atoms. The normalized spacial score (nSPS) is 12.8. The third kappa shape index (κ3) is 2.99. The van der Waals surface area contributed by atoms with Crippen LogP contribution < -0.4 is 4.90 Å². The summed E-state index contributed by atoms with van der Waals surface area (Å²) in [7, 11) is 0. The molecule has 0 fully saturated rings. The van der Waals surface area contributed by atoms with Crippen molar-refractivity contribution in [3.8, 4) is 18.4 Å². The van der Waals surface area contributed by atoms with Gasteiger partial charge in [0, 0.05) is 10.4 Å². The lowest BCUT2D eigenvalue weighted by atomic mass is 9.96. The fourth-order valence-corrected chi connectivity index (χ4v) is 5.08. The summed E-state index contributed by atoms with van der Waals surface area (Å²) in [5.41, 5.74) is 2.34. The SMILES string of the molecule is C#CCN(C(=O)c1cccc2ccccc12)c1sc2c(c1C#N)CCCC2. The Balaban J connectivity index is 1.84. The second-order valence-electron chi connectivity index (χ2n) is 6.62. The molecule has 1 aliphatic carbocycles. The molecule has 27 heavy (non-hydrogen) atoms. The molecule has 0 unspecified atom stereocenters. The van der Waals surface area contributed by atoms with E-state index in [0.717, 1.165) is 42.0 Å². The molecule has 1 heterocycles. The van der Waals surface area contributed by atoms with Gasteiger partial charge in [0.1, 0.15) is 11.1 Å². The van der Waals surface area contributed by atoms with Crippen LogP contribution in [0.15, 0.2) is 42.5 Å². The monoisotopic (exact) mass is 370 g/mol. The topological polar surface area (TPSA) is 44.1 Å². The quantitative estimate of drug-likeness (QED) is 0.614. The molecule has 3 nitrogen and oxygen atoms in total. The zero-order valence-corrected chi connectivity index (χ0v) is 15.7. The number of fused-ring (bicyclic) bond motifs is 2. The summed E-state index contributed by atoms with van der Waals surface area (Å²) in [5.74, 6) is 2.45. The van der Waals surface area contributed by atoms with Gasteiger partial charge in [0.05, 0.1) is 12.1 Å². The maximum Gasteiger partial charge on any atom is 0.260 e. The maximum absolute atomic E-state index is 13.5. The number of anilines is 1. The van der Waals surface area contributed by atoms with Crippen LogP contribution in [0, 0.1) is 23.7 Å². The van der Waals surface area contributed by atoms with Crippen LogP contribution in [-0.4, -0.2) is 12.5 Å². The van der Waals surface area contributed by atoms with E-state index in [9.17, 15) is 10.1 Å². The van der Waals surface area contributed by atoms with Crippen LogP contribution in [-0.2, 0) is 12.8 Å². The number of amides is 1. The number of hydrogen-bond donors (Lipinski definition) is 0. The van der Waals surface area contributed by atoms with Gasteiger partial charge >= 0.3 is 0 Å². The number of carbonyl (C=O) groups is 1. The summed E-state index contributed by atoms with van der Waals surface area (Å²) in [5, 5.41) is 12.4. The van der Waals surface area contributed by atoms with Crippen molar-refractivity contribution >= 4 is 33.0 Å². The molecular formula is C23H18N2OS. The molecule has 3 aromatic rings. The minimum atomic E-state index is -0.153. The van der Waals surface area contributed by atoms with E-state index in [1.807, 2.05) is 42.5 Å². The molecule has 1 aliphatic rings. The Bertz CT molecular complexity index is 1110. The Morgan fingerprint density at radius 3 is 2.74 bits per heavy atom. The van der Waals surface area contributed by atoms with E-state index < -0.39 is 0 Å². The van der Waals surface area contributed by atoms with Gasteiger partial charge in [0.2, 0.25) is 0 Å².